The van der Waals surface area contributed by atoms with E-state index in [1.165, 1.54) is 0 Å². The number of amides is 2. The van der Waals surface area contributed by atoms with E-state index in [4.69, 9.17) is 0 Å². The number of carbonyl (C=O) groups is 2. The SMILES string of the molecule is CC/C(=N\NC(=O)CCC(=O)Nc1ccc(C)c(C)c1)c1ccc(O)cc1. The number of nitrogens with one attached hydrogen (secondary N) is 2. The van der Waals surface area contributed by atoms with Crippen molar-refractivity contribution in [3.63, 3.8) is 0 Å². The first kappa shape index (κ1) is 20.2. The molecule has 3 N–H and O–H groups in total. The van der Waals surface area contributed by atoms with Gasteiger partial charge >= 0.3 is 0 Å². The Morgan fingerprint density at radius 3 is 2.26 bits per heavy atom. The van der Waals surface area contributed by atoms with Crippen LogP contribution in [0.2, 0.25) is 0 Å². The molecule has 0 spiro atoms. The Labute approximate surface area is 159 Å². The number of nitrogens with zero attached hydrogens (tertiary/aromatic N) is 1. The van der Waals surface area contributed by atoms with Crippen LogP contribution in [-0.2, 0) is 9.59 Å². The van der Waals surface area contributed by atoms with Crippen molar-refractivity contribution in [3.8, 4) is 5.75 Å². The number of phenols is 1. The largest absolute Gasteiger partial charge is 0.508 e. The van der Waals surface area contributed by atoms with Gasteiger partial charge in [-0.05, 0) is 73.4 Å². The number of aryl methyl sites for hydroxylation is 2. The van der Waals surface area contributed by atoms with Gasteiger partial charge in [0.1, 0.15) is 5.75 Å². The van der Waals surface area contributed by atoms with Crippen molar-refractivity contribution in [1.29, 1.82) is 0 Å². The van der Waals surface area contributed by atoms with Crippen molar-refractivity contribution in [2.45, 2.75) is 40.0 Å². The van der Waals surface area contributed by atoms with Crippen LogP contribution >= 0.6 is 0 Å². The van der Waals surface area contributed by atoms with Gasteiger partial charge in [-0.25, -0.2) is 5.43 Å². The van der Waals surface area contributed by atoms with Crippen molar-refractivity contribution >= 4 is 23.2 Å². The number of anilines is 1. The first-order valence-electron chi connectivity index (χ1n) is 8.91. The van der Waals surface area contributed by atoms with E-state index in [1.807, 2.05) is 39.0 Å². The van der Waals surface area contributed by atoms with Crippen LogP contribution in [-0.4, -0.2) is 22.6 Å². The van der Waals surface area contributed by atoms with E-state index in [-0.39, 0.29) is 30.4 Å². The molecule has 142 valence electrons. The zero-order valence-corrected chi connectivity index (χ0v) is 15.9. The zero-order valence-electron chi connectivity index (χ0n) is 15.9. The van der Waals surface area contributed by atoms with Gasteiger partial charge in [0, 0.05) is 18.5 Å². The third kappa shape index (κ3) is 6.26. The Hall–Kier alpha value is -3.15. The topological polar surface area (TPSA) is 90.8 Å². The average molecular weight is 367 g/mol. The van der Waals surface area contributed by atoms with Gasteiger partial charge in [0.05, 0.1) is 5.71 Å². The molecule has 0 bridgehead atoms. The molecule has 2 aromatic rings. The zero-order chi connectivity index (χ0) is 19.8. The Bertz CT molecular complexity index is 842. The minimum absolute atomic E-state index is 0.0484. The van der Waals surface area contributed by atoms with E-state index < -0.39 is 0 Å². The summed E-state index contributed by atoms with van der Waals surface area (Å²) < 4.78 is 0. The average Bonchev–Trinajstić information content (AvgIpc) is 2.65. The smallest absolute Gasteiger partial charge is 0.240 e. The molecule has 0 aliphatic rings. The Balaban J connectivity index is 1.84. The van der Waals surface area contributed by atoms with Crippen LogP contribution in [0.15, 0.2) is 47.6 Å². The van der Waals surface area contributed by atoms with Gasteiger partial charge in [-0.3, -0.25) is 9.59 Å². The first-order valence-corrected chi connectivity index (χ1v) is 8.91. The molecule has 6 nitrogen and oxygen atoms in total. The molecule has 0 atom stereocenters. The van der Waals surface area contributed by atoms with E-state index in [0.717, 1.165) is 22.4 Å². The molecule has 0 unspecified atom stereocenters. The van der Waals surface area contributed by atoms with E-state index in [9.17, 15) is 14.7 Å². The maximum absolute atomic E-state index is 12.0. The highest BCUT2D eigenvalue weighted by Crippen LogP contribution is 2.14. The lowest BCUT2D eigenvalue weighted by Crippen LogP contribution is -2.22. The lowest BCUT2D eigenvalue weighted by atomic mass is 10.1. The number of hydrogen-bond acceptors (Lipinski definition) is 4. The Kier molecular flexibility index (Phi) is 7.11. The van der Waals surface area contributed by atoms with Gasteiger partial charge in [0.25, 0.3) is 0 Å². The van der Waals surface area contributed by atoms with Crippen LogP contribution in [0.1, 0.15) is 42.9 Å². The molecule has 0 fully saturated rings. The predicted molar refractivity (Wildman–Crippen MR) is 107 cm³/mol. The second-order valence-corrected chi connectivity index (χ2v) is 6.34. The molecular weight excluding hydrogens is 342 g/mol. The molecule has 0 saturated carbocycles. The van der Waals surface area contributed by atoms with Gasteiger partial charge in [0.15, 0.2) is 0 Å². The number of rotatable bonds is 7. The molecule has 27 heavy (non-hydrogen) atoms. The standard InChI is InChI=1S/C21H25N3O3/c1-4-19(16-6-9-18(25)10-7-16)23-24-21(27)12-11-20(26)22-17-8-5-14(2)15(3)13-17/h5-10,13,25H,4,11-12H2,1-3H3,(H,22,26)(H,24,27)/b23-19+. The minimum Gasteiger partial charge on any atom is -0.508 e. The monoisotopic (exact) mass is 367 g/mol. The quantitative estimate of drug-likeness (QED) is 0.515. The van der Waals surface area contributed by atoms with Crippen molar-refractivity contribution < 1.29 is 14.7 Å². The second-order valence-electron chi connectivity index (χ2n) is 6.34. The molecule has 0 heterocycles. The van der Waals surface area contributed by atoms with Crippen molar-refractivity contribution in [2.24, 2.45) is 5.10 Å². The molecule has 2 amide bonds. The van der Waals surface area contributed by atoms with Gasteiger partial charge in [-0.1, -0.05) is 13.0 Å². The highest BCUT2D eigenvalue weighted by Gasteiger charge is 2.08. The Morgan fingerprint density at radius 1 is 0.963 bits per heavy atom. The normalized spacial score (nSPS) is 11.1. The summed E-state index contributed by atoms with van der Waals surface area (Å²) in [5.74, 6) is -0.366. The van der Waals surface area contributed by atoms with E-state index >= 15 is 0 Å². The van der Waals surface area contributed by atoms with Gasteiger partial charge in [-0.15, -0.1) is 0 Å². The number of aromatic hydroxyl groups is 1. The number of phenolic OH excluding ortho intramolecular Hbond substituents is 1. The number of carbonyl (C=O) groups excluding carboxylic acids is 2. The molecule has 0 radical (unpaired) electrons. The molecule has 6 heteroatoms. The van der Waals surface area contributed by atoms with Crippen molar-refractivity contribution in [3.05, 3.63) is 59.2 Å². The fourth-order valence-electron chi connectivity index (χ4n) is 2.46. The number of benzene rings is 2. The van der Waals surface area contributed by atoms with Crippen LogP contribution in [0.4, 0.5) is 5.69 Å². The maximum atomic E-state index is 12.0. The molecule has 2 aromatic carbocycles. The van der Waals surface area contributed by atoms with Crippen LogP contribution in [0, 0.1) is 13.8 Å². The third-order valence-corrected chi connectivity index (χ3v) is 4.22. The second kappa shape index (κ2) is 9.52. The summed E-state index contributed by atoms with van der Waals surface area (Å²) in [7, 11) is 0. The van der Waals surface area contributed by atoms with Gasteiger partial charge < -0.3 is 10.4 Å². The molecule has 0 saturated heterocycles. The molecular formula is C21H25N3O3. The maximum Gasteiger partial charge on any atom is 0.240 e. The summed E-state index contributed by atoms with van der Waals surface area (Å²) in [5.41, 5.74) is 6.99. The minimum atomic E-state index is -0.324. The number of hydrogen-bond donors (Lipinski definition) is 3. The summed E-state index contributed by atoms with van der Waals surface area (Å²) in [6.07, 6.45) is 0.750. The predicted octanol–water partition coefficient (Wildman–Crippen LogP) is 3.66. The first-order chi connectivity index (χ1) is 12.9. The van der Waals surface area contributed by atoms with Gasteiger partial charge in [0.2, 0.25) is 11.8 Å². The molecule has 0 aliphatic heterocycles. The summed E-state index contributed by atoms with van der Waals surface area (Å²) in [5, 5.41) is 16.3. The summed E-state index contributed by atoms with van der Waals surface area (Å²) in [4.78, 5) is 24.0. The van der Waals surface area contributed by atoms with E-state index in [0.29, 0.717) is 12.1 Å². The lowest BCUT2D eigenvalue weighted by molar-refractivity contribution is -0.124. The highest BCUT2D eigenvalue weighted by atomic mass is 16.3. The molecule has 2 rings (SSSR count). The summed E-state index contributed by atoms with van der Waals surface area (Å²) >= 11 is 0. The highest BCUT2D eigenvalue weighted by molar-refractivity contribution is 6.01. The summed E-state index contributed by atoms with van der Waals surface area (Å²) in [6, 6.07) is 12.3. The Morgan fingerprint density at radius 2 is 1.63 bits per heavy atom. The fraction of sp³-hybridized carbons (Fsp3) is 0.286. The van der Waals surface area contributed by atoms with Crippen LogP contribution in [0.5, 0.6) is 5.75 Å². The van der Waals surface area contributed by atoms with Crippen LogP contribution < -0.4 is 10.7 Å². The van der Waals surface area contributed by atoms with E-state index in [2.05, 4.69) is 15.8 Å². The molecule has 0 aromatic heterocycles. The third-order valence-electron chi connectivity index (χ3n) is 4.22. The van der Waals surface area contributed by atoms with Crippen LogP contribution in [0.3, 0.4) is 0 Å². The van der Waals surface area contributed by atoms with Gasteiger partial charge in [-0.2, -0.15) is 5.10 Å². The van der Waals surface area contributed by atoms with Crippen molar-refractivity contribution in [1.82, 2.24) is 5.43 Å². The van der Waals surface area contributed by atoms with Crippen LogP contribution in [0.25, 0.3) is 0 Å². The fourth-order valence-corrected chi connectivity index (χ4v) is 2.46. The van der Waals surface area contributed by atoms with E-state index in [1.54, 1.807) is 24.3 Å². The molecule has 0 aliphatic carbocycles. The number of hydrazone groups is 1. The van der Waals surface area contributed by atoms with Crippen molar-refractivity contribution in [2.75, 3.05) is 5.32 Å². The summed E-state index contributed by atoms with van der Waals surface area (Å²) in [6.45, 7) is 5.92. The lowest BCUT2D eigenvalue weighted by Gasteiger charge is -2.08.